The summed E-state index contributed by atoms with van der Waals surface area (Å²) in [5.74, 6) is 0.0359. The van der Waals surface area contributed by atoms with E-state index in [0.29, 0.717) is 44.3 Å². The Morgan fingerprint density at radius 2 is 2.08 bits per heavy atom. The van der Waals surface area contributed by atoms with Crippen LogP contribution in [-0.2, 0) is 11.2 Å². The normalized spacial score (nSPS) is 29.5. The number of rotatable bonds is 4. The molecule has 0 saturated heterocycles. The number of hydrogen-bond donors (Lipinski definition) is 2. The predicted octanol–water partition coefficient (Wildman–Crippen LogP) is 2.53. The lowest BCUT2D eigenvalue weighted by molar-refractivity contribution is -0.129. The van der Waals surface area contributed by atoms with E-state index in [1.807, 2.05) is 0 Å². The average molecular weight is 339 g/mol. The van der Waals surface area contributed by atoms with E-state index in [1.54, 1.807) is 0 Å². The summed E-state index contributed by atoms with van der Waals surface area (Å²) in [5, 5.41) is 11.8. The molecule has 1 aliphatic heterocycles. The second kappa shape index (κ2) is 7.05. The zero-order chi connectivity index (χ0) is 17.2. The van der Waals surface area contributed by atoms with Gasteiger partial charge in [0.1, 0.15) is 17.2 Å². The first-order valence-electron chi connectivity index (χ1n) is 8.52. The van der Waals surface area contributed by atoms with Gasteiger partial charge in [0.15, 0.2) is 6.10 Å². The number of nitrogens with one attached hydrogen (secondary N) is 1. The highest BCUT2D eigenvalue weighted by molar-refractivity contribution is 5.81. The van der Waals surface area contributed by atoms with Gasteiger partial charge in [-0.15, -0.1) is 0 Å². The highest BCUT2D eigenvalue weighted by Crippen LogP contribution is 2.34. The van der Waals surface area contributed by atoms with Gasteiger partial charge in [-0.3, -0.25) is 4.79 Å². The second-order valence-electron chi connectivity index (χ2n) is 6.89. The fourth-order valence-electron chi connectivity index (χ4n) is 3.46. The zero-order valence-corrected chi connectivity index (χ0v) is 13.6. The summed E-state index contributed by atoms with van der Waals surface area (Å²) in [6, 6.07) is 4.24. The molecular formula is C18H23F2NO3. The molecule has 3 rings (SSSR count). The molecule has 1 unspecified atom stereocenters. The first-order valence-corrected chi connectivity index (χ1v) is 8.52. The molecule has 24 heavy (non-hydrogen) atoms. The number of ether oxygens (including phenoxy) is 1. The van der Waals surface area contributed by atoms with Gasteiger partial charge in [0.2, 0.25) is 0 Å². The number of aryl methyl sites for hydroxylation is 1. The third-order valence-corrected chi connectivity index (χ3v) is 5.10. The molecule has 1 atom stereocenters. The van der Waals surface area contributed by atoms with Gasteiger partial charge in [-0.25, -0.2) is 8.78 Å². The van der Waals surface area contributed by atoms with Crippen molar-refractivity contribution >= 4 is 5.91 Å². The van der Waals surface area contributed by atoms with Crippen LogP contribution in [0.25, 0.3) is 0 Å². The fourth-order valence-corrected chi connectivity index (χ4v) is 3.46. The summed E-state index contributed by atoms with van der Waals surface area (Å²) in [4.78, 5) is 12.3. The number of carbonyl (C=O) groups excluding carboxylic acids is 1. The predicted molar refractivity (Wildman–Crippen MR) is 85.0 cm³/mol. The zero-order valence-electron chi connectivity index (χ0n) is 13.6. The molecule has 0 aromatic heterocycles. The van der Waals surface area contributed by atoms with E-state index < -0.39 is 11.8 Å². The molecule has 6 heteroatoms. The number of hydrogen-bond acceptors (Lipinski definition) is 3. The van der Waals surface area contributed by atoms with Crippen LogP contribution < -0.4 is 10.1 Å². The summed E-state index contributed by atoms with van der Waals surface area (Å²) >= 11 is 0. The van der Waals surface area contributed by atoms with Gasteiger partial charge < -0.3 is 15.2 Å². The molecule has 0 spiro atoms. The summed E-state index contributed by atoms with van der Waals surface area (Å²) in [7, 11) is 0. The maximum atomic E-state index is 14.7. The molecule has 1 saturated carbocycles. The van der Waals surface area contributed by atoms with Crippen LogP contribution in [0.1, 0.15) is 37.7 Å². The van der Waals surface area contributed by atoms with E-state index in [2.05, 4.69) is 5.32 Å². The minimum Gasteiger partial charge on any atom is -0.480 e. The van der Waals surface area contributed by atoms with Crippen LogP contribution in [0.2, 0.25) is 0 Å². The maximum absolute atomic E-state index is 14.7. The van der Waals surface area contributed by atoms with Crippen molar-refractivity contribution in [3.05, 3.63) is 29.6 Å². The smallest absolute Gasteiger partial charge is 0.261 e. The summed E-state index contributed by atoms with van der Waals surface area (Å²) in [6.45, 7) is 0.0679. The topological polar surface area (TPSA) is 58.6 Å². The first-order chi connectivity index (χ1) is 11.5. The number of aliphatic hydroxyl groups is 1. The molecular weight excluding hydrogens is 316 g/mol. The number of benzene rings is 1. The van der Waals surface area contributed by atoms with Gasteiger partial charge >= 0.3 is 0 Å². The van der Waals surface area contributed by atoms with Gasteiger partial charge in [0.25, 0.3) is 5.91 Å². The Kier molecular flexibility index (Phi) is 5.04. The number of alkyl halides is 1. The van der Waals surface area contributed by atoms with Crippen molar-refractivity contribution in [1.82, 2.24) is 5.32 Å². The van der Waals surface area contributed by atoms with E-state index in [1.165, 1.54) is 18.2 Å². The van der Waals surface area contributed by atoms with Crippen molar-refractivity contribution in [3.63, 3.8) is 0 Å². The Morgan fingerprint density at radius 3 is 2.79 bits per heavy atom. The van der Waals surface area contributed by atoms with Crippen molar-refractivity contribution in [3.8, 4) is 5.75 Å². The quantitative estimate of drug-likeness (QED) is 0.886. The van der Waals surface area contributed by atoms with Gasteiger partial charge in [-0.05, 0) is 68.2 Å². The lowest BCUT2D eigenvalue weighted by Gasteiger charge is -2.34. The first kappa shape index (κ1) is 17.1. The molecule has 1 aromatic carbocycles. The number of fused-ring (bicyclic) bond motifs is 1. The van der Waals surface area contributed by atoms with Gasteiger partial charge in [0.05, 0.1) is 6.54 Å². The molecule has 0 bridgehead atoms. The third-order valence-electron chi connectivity index (χ3n) is 5.10. The van der Waals surface area contributed by atoms with Crippen LogP contribution in [0.5, 0.6) is 5.75 Å². The second-order valence-corrected chi connectivity index (χ2v) is 6.89. The average Bonchev–Trinajstić information content (AvgIpc) is 2.60. The Labute approximate surface area is 140 Å². The molecule has 2 aliphatic rings. The molecule has 1 fully saturated rings. The number of aliphatic hydroxyl groups excluding tert-OH is 1. The number of halogens is 2. The van der Waals surface area contributed by atoms with E-state index in [4.69, 9.17) is 9.84 Å². The monoisotopic (exact) mass is 339 g/mol. The molecule has 2 N–H and O–H groups in total. The van der Waals surface area contributed by atoms with Crippen molar-refractivity contribution in [1.29, 1.82) is 0 Å². The largest absolute Gasteiger partial charge is 0.480 e. The Morgan fingerprint density at radius 1 is 1.33 bits per heavy atom. The third kappa shape index (κ3) is 3.86. The van der Waals surface area contributed by atoms with E-state index in [0.717, 1.165) is 5.56 Å². The van der Waals surface area contributed by atoms with E-state index >= 15 is 0 Å². The van der Waals surface area contributed by atoms with Crippen molar-refractivity contribution < 1.29 is 23.4 Å². The Bertz CT molecular complexity index is 600. The van der Waals surface area contributed by atoms with E-state index in [-0.39, 0.29) is 30.8 Å². The number of amides is 1. The molecule has 1 aromatic rings. The van der Waals surface area contributed by atoms with Crippen molar-refractivity contribution in [2.45, 2.75) is 50.3 Å². The highest BCUT2D eigenvalue weighted by atomic mass is 19.1. The van der Waals surface area contributed by atoms with Crippen LogP contribution >= 0.6 is 0 Å². The van der Waals surface area contributed by atoms with Crippen LogP contribution in [0.3, 0.4) is 0 Å². The van der Waals surface area contributed by atoms with Crippen LogP contribution in [0.15, 0.2) is 18.2 Å². The van der Waals surface area contributed by atoms with Gasteiger partial charge in [-0.1, -0.05) is 0 Å². The van der Waals surface area contributed by atoms with Crippen molar-refractivity contribution in [2.75, 3.05) is 13.2 Å². The van der Waals surface area contributed by atoms with Crippen LogP contribution in [0.4, 0.5) is 8.78 Å². The van der Waals surface area contributed by atoms with Gasteiger partial charge in [-0.2, -0.15) is 0 Å². The minimum atomic E-state index is -1.41. The van der Waals surface area contributed by atoms with Crippen LogP contribution in [-0.4, -0.2) is 35.9 Å². The Balaban J connectivity index is 1.52. The molecule has 1 heterocycles. The van der Waals surface area contributed by atoms with Crippen molar-refractivity contribution in [2.24, 2.45) is 5.92 Å². The van der Waals surface area contributed by atoms with Gasteiger partial charge in [0, 0.05) is 6.61 Å². The molecule has 132 valence electrons. The Hall–Kier alpha value is -1.69. The minimum absolute atomic E-state index is 0.0277. The SMILES string of the molecule is O=C(NCC1(F)CCC(CO)CC1)C1CCc2cc(F)ccc2O1. The maximum Gasteiger partial charge on any atom is 0.261 e. The lowest BCUT2D eigenvalue weighted by Crippen LogP contribution is -2.47. The fraction of sp³-hybridized carbons (Fsp3) is 0.611. The summed E-state index contributed by atoms with van der Waals surface area (Å²) < 4.78 is 33.5. The molecule has 0 radical (unpaired) electrons. The standard InChI is InChI=1S/C18H23F2NO3/c19-14-2-4-15-13(9-14)1-3-16(24-15)17(23)21-11-18(20)7-5-12(10-22)6-8-18/h2,4,9,12,16,22H,1,3,5-8,10-11H2,(H,21,23). The molecule has 1 amide bonds. The number of carbonyl (C=O) groups is 1. The van der Waals surface area contributed by atoms with E-state index in [9.17, 15) is 13.6 Å². The summed E-state index contributed by atoms with van der Waals surface area (Å²) in [6.07, 6.45) is 2.33. The highest BCUT2D eigenvalue weighted by Gasteiger charge is 2.36. The van der Waals surface area contributed by atoms with Crippen LogP contribution in [0, 0.1) is 11.7 Å². The molecule has 1 aliphatic carbocycles. The molecule has 4 nitrogen and oxygen atoms in total. The summed E-state index contributed by atoms with van der Waals surface area (Å²) in [5.41, 5.74) is -0.653. The lowest BCUT2D eigenvalue weighted by atomic mass is 9.80.